The van der Waals surface area contributed by atoms with E-state index in [-0.39, 0.29) is 51.0 Å². The van der Waals surface area contributed by atoms with Crippen molar-refractivity contribution in [2.45, 2.75) is 32.5 Å². The Hall–Kier alpha value is -5.40. The summed E-state index contributed by atoms with van der Waals surface area (Å²) in [7, 11) is 6.82. The minimum absolute atomic E-state index is 0.0495. The fourth-order valence-electron chi connectivity index (χ4n) is 5.99. The highest BCUT2D eigenvalue weighted by atomic mass is 35.5. The number of carboxylic acids is 1. The lowest BCUT2D eigenvalue weighted by atomic mass is 9.96. The van der Waals surface area contributed by atoms with Crippen molar-refractivity contribution in [3.05, 3.63) is 76.5 Å². The Morgan fingerprint density at radius 1 is 1.00 bits per heavy atom. The summed E-state index contributed by atoms with van der Waals surface area (Å²) in [6.45, 7) is 4.81. The zero-order chi connectivity index (χ0) is 42.2. The molecule has 1 fully saturated rings. The predicted molar refractivity (Wildman–Crippen MR) is 200 cm³/mol. The molecule has 0 bridgehead atoms. The number of likely N-dealkylation sites (tertiary alicyclic amines) is 1. The molecule has 5 rings (SSSR count). The third-order valence-electron chi connectivity index (χ3n) is 9.13. The highest BCUT2D eigenvalue weighted by molar-refractivity contribution is 6.34. The van der Waals surface area contributed by atoms with Gasteiger partial charge in [0.25, 0.3) is 11.8 Å². The van der Waals surface area contributed by atoms with Crippen LogP contribution in [0.3, 0.4) is 0 Å². The monoisotopic (exact) mass is 824 g/mol. The van der Waals surface area contributed by atoms with Crippen LogP contribution < -0.4 is 10.6 Å². The van der Waals surface area contributed by atoms with Crippen LogP contribution >= 0.6 is 11.6 Å². The number of nitrogens with zero attached hydrogens (tertiary/aromatic N) is 6. The van der Waals surface area contributed by atoms with E-state index in [4.69, 9.17) is 26.2 Å². The number of aliphatic carboxylic acids is 1. The van der Waals surface area contributed by atoms with Gasteiger partial charge in [0.1, 0.15) is 0 Å². The standard InChI is InChI=1S/C35H41ClF2N8O4.C2HF3O2/c1-21-27(18-41-46(21)14-15-50-5)24-8-9-26(32(38)31(24)37)29-19-39-33(44(29)4)35(49)42-23-6-7-25(28(36)16-23)34(48)40-17-22-10-12-45(13-11-22)30(47)20-43(2)3;3-2(4,5)1(6)7/h6-9,16,18-19,22H,10-15,17,20H2,1-5H3,(H,40,48)(H,42,49);(H,6,7). The van der Waals surface area contributed by atoms with Crippen molar-refractivity contribution in [3.8, 4) is 22.4 Å². The number of anilines is 1. The summed E-state index contributed by atoms with van der Waals surface area (Å²) in [5, 5.41) is 17.2. The highest BCUT2D eigenvalue weighted by Crippen LogP contribution is 2.33. The van der Waals surface area contributed by atoms with Gasteiger partial charge in [0.2, 0.25) is 5.91 Å². The Labute approximate surface area is 329 Å². The molecule has 1 aliphatic heterocycles. The number of carbonyl (C=O) groups is 4. The summed E-state index contributed by atoms with van der Waals surface area (Å²) in [6.07, 6.45) is -0.709. The summed E-state index contributed by atoms with van der Waals surface area (Å²) < 4.78 is 70.7. The number of likely N-dealkylation sites (N-methyl/N-ethyl adjacent to an activating group) is 1. The summed E-state index contributed by atoms with van der Waals surface area (Å²) in [5.74, 6) is -5.54. The average molecular weight is 825 g/mol. The topological polar surface area (TPSA) is 164 Å². The molecule has 0 atom stereocenters. The van der Waals surface area contributed by atoms with E-state index in [9.17, 15) is 27.6 Å². The van der Waals surface area contributed by atoms with Gasteiger partial charge >= 0.3 is 12.1 Å². The second-order valence-electron chi connectivity index (χ2n) is 13.4. The lowest BCUT2D eigenvalue weighted by molar-refractivity contribution is -0.192. The number of nitrogens with one attached hydrogen (secondary N) is 2. The number of piperidine rings is 1. The van der Waals surface area contributed by atoms with Crippen LogP contribution in [-0.4, -0.2) is 118 Å². The molecule has 2 aromatic heterocycles. The van der Waals surface area contributed by atoms with Gasteiger partial charge in [-0.25, -0.2) is 18.6 Å². The maximum absolute atomic E-state index is 15.5. The number of methoxy groups -OCH3 is 1. The molecule has 3 amide bonds. The number of amides is 3. The normalized spacial score (nSPS) is 13.3. The molecular weight excluding hydrogens is 783 g/mol. The van der Waals surface area contributed by atoms with E-state index in [2.05, 4.69) is 20.7 Å². The summed E-state index contributed by atoms with van der Waals surface area (Å²) >= 11 is 6.44. The second kappa shape index (κ2) is 19.2. The van der Waals surface area contributed by atoms with E-state index in [1.54, 1.807) is 24.8 Å². The molecule has 2 aromatic carbocycles. The van der Waals surface area contributed by atoms with Crippen LogP contribution in [0, 0.1) is 24.5 Å². The SMILES string of the molecule is COCCn1ncc(-c2ccc(-c3cnc(C(=O)Nc4ccc(C(=O)NCC5CCN(C(=O)CN(C)C)CC5)c(Cl)c4)n3C)c(F)c2F)c1C.O=C(O)C(F)(F)F. The molecule has 57 heavy (non-hydrogen) atoms. The van der Waals surface area contributed by atoms with Crippen molar-refractivity contribution >= 4 is 41.0 Å². The van der Waals surface area contributed by atoms with Crippen molar-refractivity contribution in [3.63, 3.8) is 0 Å². The average Bonchev–Trinajstić information content (AvgIpc) is 3.71. The first kappa shape index (κ1) is 44.3. The molecular formula is C37H42ClF5N8O6. The Bertz CT molecular complexity index is 2100. The number of hydrogen-bond donors (Lipinski definition) is 3. The molecule has 1 aliphatic rings. The minimum Gasteiger partial charge on any atom is -0.475 e. The zero-order valence-electron chi connectivity index (χ0n) is 31.7. The molecule has 0 spiro atoms. The molecule has 0 aliphatic carbocycles. The number of aromatic nitrogens is 4. The first-order valence-corrected chi connectivity index (χ1v) is 17.8. The van der Waals surface area contributed by atoms with Gasteiger partial charge in [0.15, 0.2) is 17.5 Å². The maximum Gasteiger partial charge on any atom is 0.490 e. The van der Waals surface area contributed by atoms with Crippen LogP contribution in [0.15, 0.2) is 42.7 Å². The molecule has 0 radical (unpaired) electrons. The Morgan fingerprint density at radius 2 is 1.63 bits per heavy atom. The van der Waals surface area contributed by atoms with Crippen LogP contribution in [0.4, 0.5) is 27.6 Å². The fraction of sp³-hybridized carbons (Fsp3) is 0.405. The van der Waals surface area contributed by atoms with Crippen LogP contribution in [0.2, 0.25) is 5.02 Å². The molecule has 4 aromatic rings. The van der Waals surface area contributed by atoms with Gasteiger partial charge in [-0.2, -0.15) is 18.3 Å². The van der Waals surface area contributed by atoms with E-state index in [1.165, 1.54) is 48.3 Å². The molecule has 0 saturated carbocycles. The maximum atomic E-state index is 15.5. The summed E-state index contributed by atoms with van der Waals surface area (Å²) in [6, 6.07) is 7.44. The molecule has 3 heterocycles. The van der Waals surface area contributed by atoms with Gasteiger partial charge in [0.05, 0.1) is 48.4 Å². The Kier molecular flexibility index (Phi) is 14.9. The van der Waals surface area contributed by atoms with E-state index in [1.807, 2.05) is 23.9 Å². The van der Waals surface area contributed by atoms with Crippen LogP contribution in [0.5, 0.6) is 0 Å². The number of hydrogen-bond acceptors (Lipinski definition) is 8. The quantitative estimate of drug-likeness (QED) is 0.162. The van der Waals surface area contributed by atoms with Crippen molar-refractivity contribution in [1.82, 2.24) is 34.4 Å². The number of imidazole rings is 1. The minimum atomic E-state index is -5.08. The van der Waals surface area contributed by atoms with Crippen LogP contribution in [-0.2, 0) is 27.9 Å². The third-order valence-corrected chi connectivity index (χ3v) is 9.45. The number of ether oxygens (including phenoxy) is 1. The van der Waals surface area contributed by atoms with E-state index < -0.39 is 29.7 Å². The van der Waals surface area contributed by atoms with Crippen molar-refractivity contribution < 1.29 is 51.0 Å². The van der Waals surface area contributed by atoms with Gasteiger partial charge in [-0.1, -0.05) is 17.7 Å². The summed E-state index contributed by atoms with van der Waals surface area (Å²) in [4.78, 5) is 55.2. The van der Waals surface area contributed by atoms with Crippen molar-refractivity contribution in [1.29, 1.82) is 0 Å². The molecule has 0 unspecified atom stereocenters. The Balaban J connectivity index is 0.000000940. The lowest BCUT2D eigenvalue weighted by Gasteiger charge is -2.32. The summed E-state index contributed by atoms with van der Waals surface area (Å²) in [5.41, 5.74) is 1.90. The zero-order valence-corrected chi connectivity index (χ0v) is 32.5. The van der Waals surface area contributed by atoms with Gasteiger partial charge in [0, 0.05) is 61.9 Å². The highest BCUT2D eigenvalue weighted by Gasteiger charge is 2.38. The predicted octanol–water partition coefficient (Wildman–Crippen LogP) is 5.25. The van der Waals surface area contributed by atoms with Crippen LogP contribution in [0.25, 0.3) is 22.4 Å². The van der Waals surface area contributed by atoms with E-state index in [0.29, 0.717) is 56.3 Å². The molecule has 14 nitrogen and oxygen atoms in total. The van der Waals surface area contributed by atoms with Gasteiger partial charge in [-0.15, -0.1) is 0 Å². The van der Waals surface area contributed by atoms with Crippen molar-refractivity contribution in [2.75, 3.05) is 59.3 Å². The first-order valence-electron chi connectivity index (χ1n) is 17.5. The smallest absolute Gasteiger partial charge is 0.475 e. The van der Waals surface area contributed by atoms with Crippen molar-refractivity contribution in [2.24, 2.45) is 13.0 Å². The Morgan fingerprint density at radius 3 is 2.23 bits per heavy atom. The third kappa shape index (κ3) is 11.1. The number of benzene rings is 2. The number of alkyl halides is 3. The second-order valence-corrected chi connectivity index (χ2v) is 13.8. The number of carboxylic acid groups (broad SMARTS) is 1. The first-order chi connectivity index (χ1) is 26.8. The van der Waals surface area contributed by atoms with Gasteiger partial charge in [-0.3, -0.25) is 19.1 Å². The number of rotatable bonds is 12. The largest absolute Gasteiger partial charge is 0.490 e. The van der Waals surface area contributed by atoms with Gasteiger partial charge in [-0.05, 0) is 64.0 Å². The molecule has 308 valence electrons. The molecule has 1 saturated heterocycles. The number of halogens is 6. The molecule has 20 heteroatoms. The lowest BCUT2D eigenvalue weighted by Crippen LogP contribution is -2.44. The number of carbonyl (C=O) groups excluding carboxylic acids is 3. The molecule has 3 N–H and O–H groups in total. The fourth-order valence-corrected chi connectivity index (χ4v) is 6.26. The van der Waals surface area contributed by atoms with Gasteiger partial charge < -0.3 is 34.8 Å². The van der Waals surface area contributed by atoms with E-state index in [0.717, 1.165) is 12.8 Å². The van der Waals surface area contributed by atoms with Crippen LogP contribution in [0.1, 0.15) is 39.5 Å². The van der Waals surface area contributed by atoms with E-state index >= 15 is 8.78 Å².